The van der Waals surface area contributed by atoms with Crippen LogP contribution < -0.4 is 5.32 Å². The van der Waals surface area contributed by atoms with Crippen LogP contribution in [-0.4, -0.2) is 37.1 Å². The Balaban J connectivity index is 0.00000121. The van der Waals surface area contributed by atoms with Gasteiger partial charge >= 0.3 is 18.3 Å². The second-order valence-electron chi connectivity index (χ2n) is 11.5. The zero-order valence-corrected chi connectivity index (χ0v) is 23.5. The molecule has 1 N–H and O–H groups in total. The Bertz CT molecular complexity index is 1180. The number of alkyl halides is 6. The molecule has 2 aromatic rings. The molecule has 41 heavy (non-hydrogen) atoms. The number of fused-ring (bicyclic) bond motifs is 1. The Morgan fingerprint density at radius 1 is 0.976 bits per heavy atom. The van der Waals surface area contributed by atoms with Gasteiger partial charge in [0.25, 0.3) is 0 Å². The van der Waals surface area contributed by atoms with Crippen molar-refractivity contribution in [3.05, 3.63) is 64.2 Å². The molecule has 1 aliphatic carbocycles. The molecule has 0 radical (unpaired) electrons. The van der Waals surface area contributed by atoms with E-state index < -0.39 is 23.5 Å². The average Bonchev–Trinajstić information content (AvgIpc) is 3.81. The van der Waals surface area contributed by atoms with Gasteiger partial charge in [0.1, 0.15) is 0 Å². The number of carbonyl (C=O) groups excluding carboxylic acids is 1. The first-order valence-corrected chi connectivity index (χ1v) is 14.3. The molecule has 226 valence electrons. The van der Waals surface area contributed by atoms with Crippen molar-refractivity contribution in [1.82, 2.24) is 4.90 Å². The van der Waals surface area contributed by atoms with Crippen molar-refractivity contribution in [2.24, 2.45) is 11.8 Å². The van der Waals surface area contributed by atoms with Gasteiger partial charge in [-0.3, -0.25) is 9.69 Å². The normalized spacial score (nSPS) is 20.2. The predicted octanol–water partition coefficient (Wildman–Crippen LogP) is 7.89. The third kappa shape index (κ3) is 8.63. The molecule has 3 aliphatic rings. The zero-order chi connectivity index (χ0) is 29.8. The number of anilines is 1. The van der Waals surface area contributed by atoms with Gasteiger partial charge in [-0.15, -0.1) is 0 Å². The number of esters is 1. The molecule has 0 bridgehead atoms. The van der Waals surface area contributed by atoms with E-state index in [1.807, 2.05) is 17.9 Å². The van der Waals surface area contributed by atoms with Gasteiger partial charge in [0.2, 0.25) is 0 Å². The first kappa shape index (κ1) is 31.2. The number of benzene rings is 2. The number of likely N-dealkylation sites (tertiary alicyclic amines) is 1. The summed E-state index contributed by atoms with van der Waals surface area (Å²) in [4.78, 5) is 13.6. The minimum absolute atomic E-state index is 0.172. The van der Waals surface area contributed by atoms with Crippen LogP contribution in [0.15, 0.2) is 36.4 Å². The molecule has 4 nitrogen and oxygen atoms in total. The maximum Gasteiger partial charge on any atom is 0.416 e. The van der Waals surface area contributed by atoms with E-state index in [4.69, 9.17) is 4.74 Å². The number of rotatable bonds is 6. The summed E-state index contributed by atoms with van der Waals surface area (Å²) < 4.78 is 84.7. The second kappa shape index (κ2) is 13.0. The summed E-state index contributed by atoms with van der Waals surface area (Å²) in [6.45, 7) is 2.68. The molecule has 2 atom stereocenters. The van der Waals surface area contributed by atoms with Gasteiger partial charge in [0.15, 0.2) is 0 Å². The Hall–Kier alpha value is -2.75. The summed E-state index contributed by atoms with van der Waals surface area (Å²) in [6.07, 6.45) is -1.03. The van der Waals surface area contributed by atoms with E-state index >= 15 is 0 Å². The van der Waals surface area contributed by atoms with E-state index in [0.717, 1.165) is 36.9 Å². The minimum atomic E-state index is -4.72. The van der Waals surface area contributed by atoms with Crippen molar-refractivity contribution >= 4 is 11.7 Å². The molecule has 0 aromatic heterocycles. The molecule has 2 aliphatic heterocycles. The fourth-order valence-electron chi connectivity index (χ4n) is 5.61. The molecule has 2 fully saturated rings. The highest BCUT2D eigenvalue weighted by Crippen LogP contribution is 2.38. The summed E-state index contributed by atoms with van der Waals surface area (Å²) in [7, 11) is 1.37. The summed E-state index contributed by atoms with van der Waals surface area (Å²) >= 11 is 0. The van der Waals surface area contributed by atoms with Crippen molar-refractivity contribution in [3.8, 4) is 0 Å². The van der Waals surface area contributed by atoms with Crippen LogP contribution >= 0.6 is 0 Å². The van der Waals surface area contributed by atoms with Crippen LogP contribution in [0.1, 0.15) is 73.3 Å². The third-order valence-corrected chi connectivity index (χ3v) is 8.07. The SMILES string of the molecule is C1CC1.COC(=O)C(C)Cc1ccc2c(c1)NC(C1CCN(Cc3cc(C(F)(F)F)ccc3C(F)(F)F)CC1)CC2. The number of methoxy groups -OCH3 is 1. The summed E-state index contributed by atoms with van der Waals surface area (Å²) in [6, 6.07) is 8.05. The monoisotopic (exact) mass is 584 g/mol. The van der Waals surface area contributed by atoms with Crippen molar-refractivity contribution in [2.75, 3.05) is 25.5 Å². The number of halogens is 6. The summed E-state index contributed by atoms with van der Waals surface area (Å²) in [5.41, 5.74) is 0.848. The zero-order valence-electron chi connectivity index (χ0n) is 23.5. The van der Waals surface area contributed by atoms with Crippen LogP contribution in [0.25, 0.3) is 0 Å². The number of carbonyl (C=O) groups is 1. The van der Waals surface area contributed by atoms with Crippen LogP contribution in [-0.2, 0) is 41.3 Å². The Labute approximate surface area is 237 Å². The van der Waals surface area contributed by atoms with Gasteiger partial charge in [0.05, 0.1) is 24.2 Å². The molecular weight excluding hydrogens is 546 g/mol. The first-order valence-electron chi connectivity index (χ1n) is 14.3. The molecule has 0 spiro atoms. The maximum atomic E-state index is 13.5. The fraction of sp³-hybridized carbons (Fsp3) is 0.581. The van der Waals surface area contributed by atoms with Crippen LogP contribution in [0.5, 0.6) is 0 Å². The number of aryl methyl sites for hydroxylation is 1. The quantitative estimate of drug-likeness (QED) is 0.277. The number of nitrogens with zero attached hydrogens (tertiary/aromatic N) is 1. The summed E-state index contributed by atoms with van der Waals surface area (Å²) in [5, 5.41) is 3.63. The van der Waals surface area contributed by atoms with E-state index in [1.54, 1.807) is 0 Å². The molecular formula is C31H38F6N2O2. The van der Waals surface area contributed by atoms with Gasteiger partial charge in [-0.05, 0) is 92.1 Å². The number of piperidine rings is 1. The largest absolute Gasteiger partial charge is 0.469 e. The highest BCUT2D eigenvalue weighted by Gasteiger charge is 2.38. The van der Waals surface area contributed by atoms with Crippen LogP contribution in [0.2, 0.25) is 0 Å². The lowest BCUT2D eigenvalue weighted by atomic mass is 9.83. The number of hydrogen-bond donors (Lipinski definition) is 1. The van der Waals surface area contributed by atoms with Gasteiger partial charge in [-0.1, -0.05) is 38.3 Å². The highest BCUT2D eigenvalue weighted by molar-refractivity contribution is 5.72. The van der Waals surface area contributed by atoms with E-state index in [-0.39, 0.29) is 30.0 Å². The van der Waals surface area contributed by atoms with E-state index in [2.05, 4.69) is 17.4 Å². The lowest BCUT2D eigenvalue weighted by Gasteiger charge is -2.39. The van der Waals surface area contributed by atoms with Crippen molar-refractivity contribution in [1.29, 1.82) is 0 Å². The van der Waals surface area contributed by atoms with Crippen LogP contribution in [0, 0.1) is 11.8 Å². The maximum absolute atomic E-state index is 13.5. The van der Waals surface area contributed by atoms with E-state index in [9.17, 15) is 31.1 Å². The molecule has 2 unspecified atom stereocenters. The molecule has 10 heteroatoms. The van der Waals surface area contributed by atoms with Crippen LogP contribution in [0.4, 0.5) is 32.0 Å². The highest BCUT2D eigenvalue weighted by atomic mass is 19.4. The predicted molar refractivity (Wildman–Crippen MR) is 145 cm³/mol. The van der Waals surface area contributed by atoms with E-state index in [1.165, 1.54) is 31.9 Å². The smallest absolute Gasteiger partial charge is 0.416 e. The molecule has 1 saturated carbocycles. The number of ether oxygens (including phenoxy) is 1. The lowest BCUT2D eigenvalue weighted by Crippen LogP contribution is -2.41. The standard InChI is InChI=1S/C28H32F6N2O2.C3H6/c1-17(26(37)38-2)13-18-3-4-19-5-8-24(35-25(19)14-18)20-9-11-36(12-10-20)16-21-15-22(27(29,30)31)6-7-23(21)28(32,33)34;1-2-3-1/h3-4,6-7,14-15,17,20,24,35H,5,8-13,16H2,1-2H3;1-3H2. The number of hydrogen-bond acceptors (Lipinski definition) is 4. The first-order chi connectivity index (χ1) is 19.3. The molecule has 2 heterocycles. The molecule has 5 rings (SSSR count). The van der Waals surface area contributed by atoms with Crippen molar-refractivity contribution in [3.63, 3.8) is 0 Å². The summed E-state index contributed by atoms with van der Waals surface area (Å²) in [5.74, 6) is -0.204. The average molecular weight is 585 g/mol. The number of nitrogens with one attached hydrogen (secondary N) is 1. The van der Waals surface area contributed by atoms with Gasteiger partial charge in [-0.2, -0.15) is 26.3 Å². The van der Waals surface area contributed by atoms with Gasteiger partial charge < -0.3 is 10.1 Å². The lowest BCUT2D eigenvalue weighted by molar-refractivity contribution is -0.144. The Kier molecular flexibility index (Phi) is 9.93. The van der Waals surface area contributed by atoms with Crippen LogP contribution in [0.3, 0.4) is 0 Å². The topological polar surface area (TPSA) is 41.6 Å². The minimum Gasteiger partial charge on any atom is -0.469 e. The van der Waals surface area contributed by atoms with Gasteiger partial charge in [0, 0.05) is 18.3 Å². The third-order valence-electron chi connectivity index (χ3n) is 8.07. The molecule has 2 aromatic carbocycles. The van der Waals surface area contributed by atoms with Gasteiger partial charge in [-0.25, -0.2) is 0 Å². The fourth-order valence-corrected chi connectivity index (χ4v) is 5.61. The second-order valence-corrected chi connectivity index (χ2v) is 11.5. The molecule has 0 amide bonds. The van der Waals surface area contributed by atoms with Crippen molar-refractivity contribution < 1.29 is 35.9 Å². The Morgan fingerprint density at radius 3 is 2.24 bits per heavy atom. The Morgan fingerprint density at radius 2 is 1.66 bits per heavy atom. The molecule has 1 saturated heterocycles. The van der Waals surface area contributed by atoms with Crippen molar-refractivity contribution in [2.45, 2.75) is 83.2 Å². The van der Waals surface area contributed by atoms with E-state index in [0.29, 0.717) is 43.6 Å².